The van der Waals surface area contributed by atoms with Crippen LogP contribution in [0.2, 0.25) is 0 Å². The fraction of sp³-hybridized carbons (Fsp3) is 0.867. The third-order valence-electron chi connectivity index (χ3n) is 4.15. The van der Waals surface area contributed by atoms with E-state index in [1.807, 2.05) is 6.92 Å². The summed E-state index contributed by atoms with van der Waals surface area (Å²) >= 11 is 0. The molecule has 1 rings (SSSR count). The van der Waals surface area contributed by atoms with Gasteiger partial charge in [0.25, 0.3) is 0 Å². The Morgan fingerprint density at radius 3 is 2.65 bits per heavy atom. The number of carbonyl (C=O) groups excluding carboxylic acids is 1. The van der Waals surface area contributed by atoms with Gasteiger partial charge in [0.15, 0.2) is 0 Å². The Morgan fingerprint density at radius 1 is 1.35 bits per heavy atom. The van der Waals surface area contributed by atoms with Crippen molar-refractivity contribution in [3.8, 4) is 0 Å². The molecule has 0 aromatic carbocycles. The van der Waals surface area contributed by atoms with Gasteiger partial charge in [-0.1, -0.05) is 6.92 Å². The molecule has 0 aliphatic carbocycles. The first-order chi connectivity index (χ1) is 9.39. The minimum Gasteiger partial charge on any atom is -0.481 e. The zero-order valence-electron chi connectivity index (χ0n) is 12.9. The SMILES string of the molecule is CCCOCCC(=O)N1CCCC(C(C)(C)C(=O)O)C1. The van der Waals surface area contributed by atoms with Gasteiger partial charge in [0, 0.05) is 19.7 Å². The predicted octanol–water partition coefficient (Wildman–Crippen LogP) is 2.15. The second kappa shape index (κ2) is 7.62. The van der Waals surface area contributed by atoms with Gasteiger partial charge in [-0.2, -0.15) is 0 Å². The molecular formula is C15H27NO4. The van der Waals surface area contributed by atoms with Gasteiger partial charge >= 0.3 is 5.97 Å². The van der Waals surface area contributed by atoms with Gasteiger partial charge in [-0.3, -0.25) is 9.59 Å². The molecule has 1 aliphatic rings. The van der Waals surface area contributed by atoms with Crippen LogP contribution in [0.15, 0.2) is 0 Å². The number of aliphatic carboxylic acids is 1. The summed E-state index contributed by atoms with van der Waals surface area (Å²) in [6, 6.07) is 0. The molecule has 116 valence electrons. The smallest absolute Gasteiger partial charge is 0.309 e. The van der Waals surface area contributed by atoms with Crippen molar-refractivity contribution >= 4 is 11.9 Å². The van der Waals surface area contributed by atoms with Crippen molar-refractivity contribution in [2.75, 3.05) is 26.3 Å². The Labute approximate surface area is 121 Å². The average molecular weight is 285 g/mol. The van der Waals surface area contributed by atoms with E-state index in [2.05, 4.69) is 0 Å². The van der Waals surface area contributed by atoms with Gasteiger partial charge in [-0.05, 0) is 39.0 Å². The second-order valence-corrected chi connectivity index (χ2v) is 6.07. The van der Waals surface area contributed by atoms with E-state index in [0.29, 0.717) is 26.2 Å². The lowest BCUT2D eigenvalue weighted by Gasteiger charge is -2.39. The third-order valence-corrected chi connectivity index (χ3v) is 4.15. The van der Waals surface area contributed by atoms with Crippen molar-refractivity contribution in [3.05, 3.63) is 0 Å². The summed E-state index contributed by atoms with van der Waals surface area (Å²) in [5.41, 5.74) is -0.780. The molecule has 1 atom stereocenters. The fourth-order valence-corrected chi connectivity index (χ4v) is 2.53. The quantitative estimate of drug-likeness (QED) is 0.728. The number of nitrogens with zero attached hydrogens (tertiary/aromatic N) is 1. The summed E-state index contributed by atoms with van der Waals surface area (Å²) < 4.78 is 5.33. The maximum absolute atomic E-state index is 12.1. The van der Waals surface area contributed by atoms with Gasteiger partial charge in [0.1, 0.15) is 0 Å². The topological polar surface area (TPSA) is 66.8 Å². The Kier molecular flexibility index (Phi) is 6.46. The van der Waals surface area contributed by atoms with E-state index in [1.54, 1.807) is 18.7 Å². The van der Waals surface area contributed by atoms with Gasteiger partial charge in [0.2, 0.25) is 5.91 Å². The zero-order valence-corrected chi connectivity index (χ0v) is 12.9. The monoisotopic (exact) mass is 285 g/mol. The molecule has 0 aromatic rings. The van der Waals surface area contributed by atoms with Crippen LogP contribution in [0.25, 0.3) is 0 Å². The summed E-state index contributed by atoms with van der Waals surface area (Å²) in [5.74, 6) is -0.690. The van der Waals surface area contributed by atoms with Crippen LogP contribution in [0.4, 0.5) is 0 Å². The van der Waals surface area contributed by atoms with E-state index >= 15 is 0 Å². The predicted molar refractivity (Wildman–Crippen MR) is 76.4 cm³/mol. The lowest BCUT2D eigenvalue weighted by atomic mass is 9.74. The van der Waals surface area contributed by atoms with Gasteiger partial charge < -0.3 is 14.7 Å². The third kappa shape index (κ3) is 4.47. The molecule has 1 aliphatic heterocycles. The number of rotatable bonds is 7. The van der Waals surface area contributed by atoms with Crippen LogP contribution in [0.1, 0.15) is 46.5 Å². The number of carboxylic acids is 1. The zero-order chi connectivity index (χ0) is 15.2. The van der Waals surface area contributed by atoms with Gasteiger partial charge in [-0.25, -0.2) is 0 Å². The molecule has 20 heavy (non-hydrogen) atoms. The molecule has 1 heterocycles. The van der Waals surface area contributed by atoms with Crippen LogP contribution < -0.4 is 0 Å². The average Bonchev–Trinajstić information content (AvgIpc) is 2.43. The highest BCUT2D eigenvalue weighted by Gasteiger charge is 2.39. The summed E-state index contributed by atoms with van der Waals surface area (Å²) in [4.78, 5) is 25.2. The number of amides is 1. The maximum atomic E-state index is 12.1. The van der Waals surface area contributed by atoms with Crippen molar-refractivity contribution in [2.24, 2.45) is 11.3 Å². The molecule has 0 aromatic heterocycles. The van der Waals surface area contributed by atoms with E-state index in [0.717, 1.165) is 25.8 Å². The highest BCUT2D eigenvalue weighted by molar-refractivity contribution is 5.77. The first-order valence-electron chi connectivity index (χ1n) is 7.48. The van der Waals surface area contributed by atoms with Crippen LogP contribution >= 0.6 is 0 Å². The molecular weight excluding hydrogens is 258 g/mol. The van der Waals surface area contributed by atoms with Crippen molar-refractivity contribution in [3.63, 3.8) is 0 Å². The Bertz CT molecular complexity index is 341. The van der Waals surface area contributed by atoms with E-state index in [1.165, 1.54) is 0 Å². The van der Waals surface area contributed by atoms with E-state index < -0.39 is 11.4 Å². The standard InChI is InChI=1S/C15H27NO4/c1-4-9-20-10-7-13(17)16-8-5-6-12(11-16)15(2,3)14(18)19/h12H,4-11H2,1-3H3,(H,18,19). The molecule has 5 heteroatoms. The van der Waals surface area contributed by atoms with Crippen molar-refractivity contribution in [1.82, 2.24) is 4.90 Å². The van der Waals surface area contributed by atoms with Crippen molar-refractivity contribution in [1.29, 1.82) is 0 Å². The first-order valence-corrected chi connectivity index (χ1v) is 7.48. The number of ether oxygens (including phenoxy) is 1. The number of hydrogen-bond donors (Lipinski definition) is 1. The molecule has 0 saturated carbocycles. The largest absolute Gasteiger partial charge is 0.481 e. The summed E-state index contributed by atoms with van der Waals surface area (Å²) in [5, 5.41) is 9.30. The molecule has 0 radical (unpaired) electrons. The number of likely N-dealkylation sites (tertiary alicyclic amines) is 1. The molecule has 1 unspecified atom stereocenters. The summed E-state index contributed by atoms with van der Waals surface area (Å²) in [6.07, 6.45) is 3.09. The molecule has 5 nitrogen and oxygen atoms in total. The Morgan fingerprint density at radius 2 is 2.05 bits per heavy atom. The molecule has 0 bridgehead atoms. The van der Waals surface area contributed by atoms with Crippen LogP contribution in [-0.2, 0) is 14.3 Å². The molecule has 1 N–H and O–H groups in total. The van der Waals surface area contributed by atoms with Crippen LogP contribution in [0.3, 0.4) is 0 Å². The minimum absolute atomic E-state index is 0.0225. The lowest BCUT2D eigenvalue weighted by Crippen LogP contribution is -2.47. The van der Waals surface area contributed by atoms with Crippen molar-refractivity contribution in [2.45, 2.75) is 46.5 Å². The normalized spacial score (nSPS) is 19.9. The molecule has 1 fully saturated rings. The molecule has 1 saturated heterocycles. The summed E-state index contributed by atoms with van der Waals surface area (Å²) in [7, 11) is 0. The number of hydrogen-bond acceptors (Lipinski definition) is 3. The summed E-state index contributed by atoms with van der Waals surface area (Å²) in [6.45, 7) is 7.95. The van der Waals surface area contributed by atoms with Crippen LogP contribution in [0.5, 0.6) is 0 Å². The lowest BCUT2D eigenvalue weighted by molar-refractivity contribution is -0.153. The first kappa shape index (κ1) is 17.0. The van der Waals surface area contributed by atoms with Gasteiger partial charge in [-0.15, -0.1) is 0 Å². The molecule has 1 amide bonds. The van der Waals surface area contributed by atoms with Crippen molar-refractivity contribution < 1.29 is 19.4 Å². The van der Waals surface area contributed by atoms with E-state index in [-0.39, 0.29) is 11.8 Å². The Balaban J connectivity index is 2.48. The number of piperidine rings is 1. The van der Waals surface area contributed by atoms with Gasteiger partial charge in [0.05, 0.1) is 18.4 Å². The Hall–Kier alpha value is -1.10. The molecule has 0 spiro atoms. The minimum atomic E-state index is -0.789. The highest BCUT2D eigenvalue weighted by Crippen LogP contribution is 2.34. The van der Waals surface area contributed by atoms with Crippen LogP contribution in [0, 0.1) is 11.3 Å². The fourth-order valence-electron chi connectivity index (χ4n) is 2.53. The number of carbonyl (C=O) groups is 2. The van der Waals surface area contributed by atoms with Crippen LogP contribution in [-0.4, -0.2) is 48.2 Å². The maximum Gasteiger partial charge on any atom is 0.309 e. The number of carboxylic acid groups (broad SMARTS) is 1. The highest BCUT2D eigenvalue weighted by atomic mass is 16.5. The second-order valence-electron chi connectivity index (χ2n) is 6.07. The van der Waals surface area contributed by atoms with E-state index in [4.69, 9.17) is 4.74 Å². The van der Waals surface area contributed by atoms with E-state index in [9.17, 15) is 14.7 Å².